The molecule has 0 saturated carbocycles. The highest BCUT2D eigenvalue weighted by Gasteiger charge is 2.19. The van der Waals surface area contributed by atoms with Crippen LogP contribution in [0.5, 0.6) is 11.5 Å². The standard InChI is InChI=1S/C18H16O7/c19-6-9-3-11(7-20)16-15(4-9)25-18(12(8-21)17(16)24)10-1-2-13(22)14(23)5-10/h1-5,19-23H,6-8H2. The first kappa shape index (κ1) is 17.0. The second-order valence-electron chi connectivity index (χ2n) is 5.54. The van der Waals surface area contributed by atoms with E-state index in [4.69, 9.17) is 4.42 Å². The van der Waals surface area contributed by atoms with Crippen molar-refractivity contribution in [2.75, 3.05) is 0 Å². The molecule has 0 fully saturated rings. The second kappa shape index (κ2) is 6.56. The molecular weight excluding hydrogens is 328 g/mol. The molecule has 2 aromatic carbocycles. The quantitative estimate of drug-likeness (QED) is 0.451. The Labute approximate surface area is 141 Å². The Morgan fingerprint density at radius 2 is 1.64 bits per heavy atom. The number of phenols is 2. The summed E-state index contributed by atoms with van der Waals surface area (Å²) in [4.78, 5) is 12.8. The molecule has 130 valence electrons. The topological polar surface area (TPSA) is 131 Å². The highest BCUT2D eigenvalue weighted by Crippen LogP contribution is 2.33. The lowest BCUT2D eigenvalue weighted by Crippen LogP contribution is -2.13. The van der Waals surface area contributed by atoms with Crippen molar-refractivity contribution in [3.05, 3.63) is 57.2 Å². The van der Waals surface area contributed by atoms with E-state index in [1.807, 2.05) is 0 Å². The first-order chi connectivity index (χ1) is 12.0. The minimum absolute atomic E-state index is 0.0364. The zero-order valence-electron chi connectivity index (χ0n) is 13.1. The van der Waals surface area contributed by atoms with Gasteiger partial charge in [-0.1, -0.05) is 6.07 Å². The highest BCUT2D eigenvalue weighted by atomic mass is 16.3. The predicted molar refractivity (Wildman–Crippen MR) is 89.0 cm³/mol. The Morgan fingerprint density at radius 1 is 0.880 bits per heavy atom. The molecule has 0 amide bonds. The monoisotopic (exact) mass is 344 g/mol. The van der Waals surface area contributed by atoms with Gasteiger partial charge in [-0.05, 0) is 35.4 Å². The smallest absolute Gasteiger partial charge is 0.199 e. The van der Waals surface area contributed by atoms with Gasteiger partial charge in [0.05, 0.1) is 30.8 Å². The molecule has 0 unspecified atom stereocenters. The summed E-state index contributed by atoms with van der Waals surface area (Å²) in [5.74, 6) is -0.693. The van der Waals surface area contributed by atoms with Crippen LogP contribution < -0.4 is 5.43 Å². The number of rotatable bonds is 4. The maximum atomic E-state index is 12.8. The Hall–Kier alpha value is -2.87. The van der Waals surface area contributed by atoms with Gasteiger partial charge in [0.2, 0.25) is 0 Å². The van der Waals surface area contributed by atoms with Crippen LogP contribution in [0, 0.1) is 0 Å². The largest absolute Gasteiger partial charge is 0.504 e. The zero-order valence-corrected chi connectivity index (χ0v) is 13.1. The number of phenolic OH excluding ortho intramolecular Hbond substituents is 2. The molecule has 25 heavy (non-hydrogen) atoms. The summed E-state index contributed by atoms with van der Waals surface area (Å²) >= 11 is 0. The lowest BCUT2D eigenvalue weighted by Gasteiger charge is -2.12. The lowest BCUT2D eigenvalue weighted by molar-refractivity contribution is 0.274. The first-order valence-electron chi connectivity index (χ1n) is 7.46. The van der Waals surface area contributed by atoms with E-state index in [-0.39, 0.29) is 40.2 Å². The summed E-state index contributed by atoms with van der Waals surface area (Å²) in [5, 5.41) is 47.7. The summed E-state index contributed by atoms with van der Waals surface area (Å²) in [6.45, 7) is -1.34. The van der Waals surface area contributed by atoms with Gasteiger partial charge in [0.15, 0.2) is 16.9 Å². The van der Waals surface area contributed by atoms with Gasteiger partial charge in [-0.15, -0.1) is 0 Å². The van der Waals surface area contributed by atoms with Crippen LogP contribution >= 0.6 is 0 Å². The maximum absolute atomic E-state index is 12.8. The molecular formula is C18H16O7. The van der Waals surface area contributed by atoms with Crippen LogP contribution in [0.2, 0.25) is 0 Å². The van der Waals surface area contributed by atoms with Crippen molar-refractivity contribution in [3.8, 4) is 22.8 Å². The number of hydrogen-bond acceptors (Lipinski definition) is 7. The third kappa shape index (κ3) is 2.85. The van der Waals surface area contributed by atoms with Crippen molar-refractivity contribution in [1.29, 1.82) is 0 Å². The van der Waals surface area contributed by atoms with Gasteiger partial charge in [-0.2, -0.15) is 0 Å². The molecule has 1 aromatic heterocycles. The molecule has 1 heterocycles. The van der Waals surface area contributed by atoms with Gasteiger partial charge in [-0.25, -0.2) is 0 Å². The van der Waals surface area contributed by atoms with Crippen molar-refractivity contribution in [3.63, 3.8) is 0 Å². The molecule has 3 rings (SSSR count). The van der Waals surface area contributed by atoms with E-state index < -0.39 is 24.4 Å². The molecule has 7 heteroatoms. The SMILES string of the molecule is O=c1c(CO)c(-c2ccc(O)c(O)c2)oc2cc(CO)cc(CO)c12. The maximum Gasteiger partial charge on any atom is 0.199 e. The zero-order chi connectivity index (χ0) is 18.1. The normalized spacial score (nSPS) is 11.2. The summed E-state index contributed by atoms with van der Waals surface area (Å²) < 4.78 is 5.76. The van der Waals surface area contributed by atoms with Crippen LogP contribution in [0.1, 0.15) is 16.7 Å². The van der Waals surface area contributed by atoms with Crippen molar-refractivity contribution in [2.24, 2.45) is 0 Å². The third-order valence-corrected chi connectivity index (χ3v) is 3.98. The predicted octanol–water partition coefficient (Wildman–Crippen LogP) is 1.35. The van der Waals surface area contributed by atoms with E-state index in [1.54, 1.807) is 0 Å². The number of fused-ring (bicyclic) bond motifs is 1. The van der Waals surface area contributed by atoms with Crippen LogP contribution in [0.25, 0.3) is 22.3 Å². The number of aliphatic hydroxyl groups excluding tert-OH is 3. The Bertz CT molecular complexity index is 1000. The molecule has 7 nitrogen and oxygen atoms in total. The molecule has 0 bridgehead atoms. The van der Waals surface area contributed by atoms with Gasteiger partial charge in [0.1, 0.15) is 11.3 Å². The number of aromatic hydroxyl groups is 2. The molecule has 0 aliphatic rings. The van der Waals surface area contributed by atoms with E-state index in [2.05, 4.69) is 0 Å². The average Bonchev–Trinajstić information content (AvgIpc) is 2.62. The van der Waals surface area contributed by atoms with Gasteiger partial charge in [-0.3, -0.25) is 4.79 Å². The van der Waals surface area contributed by atoms with E-state index in [9.17, 15) is 30.3 Å². The molecule has 0 aliphatic heterocycles. The highest BCUT2D eigenvalue weighted by molar-refractivity contribution is 5.84. The summed E-state index contributed by atoms with van der Waals surface area (Å²) in [6, 6.07) is 6.84. The van der Waals surface area contributed by atoms with Gasteiger partial charge in [0.25, 0.3) is 0 Å². The Kier molecular flexibility index (Phi) is 4.45. The Balaban J connectivity index is 2.39. The van der Waals surface area contributed by atoms with E-state index in [1.165, 1.54) is 30.3 Å². The second-order valence-corrected chi connectivity index (χ2v) is 5.54. The van der Waals surface area contributed by atoms with Crippen molar-refractivity contribution < 1.29 is 29.9 Å². The third-order valence-electron chi connectivity index (χ3n) is 3.98. The summed E-state index contributed by atoms with van der Waals surface area (Å²) in [5.41, 5.74) is 0.614. The van der Waals surface area contributed by atoms with Crippen LogP contribution in [-0.4, -0.2) is 25.5 Å². The van der Waals surface area contributed by atoms with Crippen molar-refractivity contribution in [1.82, 2.24) is 0 Å². The van der Waals surface area contributed by atoms with E-state index in [0.717, 1.165) is 0 Å². The summed E-state index contributed by atoms with van der Waals surface area (Å²) in [7, 11) is 0. The fraction of sp³-hybridized carbons (Fsp3) is 0.167. The molecule has 0 radical (unpaired) electrons. The molecule has 5 N–H and O–H groups in total. The van der Waals surface area contributed by atoms with Crippen LogP contribution in [-0.2, 0) is 19.8 Å². The molecule has 0 spiro atoms. The van der Waals surface area contributed by atoms with Crippen LogP contribution in [0.4, 0.5) is 0 Å². The van der Waals surface area contributed by atoms with Crippen molar-refractivity contribution >= 4 is 11.0 Å². The molecule has 0 saturated heterocycles. The molecule has 0 atom stereocenters. The minimum Gasteiger partial charge on any atom is -0.504 e. The minimum atomic E-state index is -0.609. The Morgan fingerprint density at radius 3 is 2.24 bits per heavy atom. The lowest BCUT2D eigenvalue weighted by atomic mass is 10.0. The first-order valence-corrected chi connectivity index (χ1v) is 7.46. The van der Waals surface area contributed by atoms with Crippen LogP contribution in [0.3, 0.4) is 0 Å². The van der Waals surface area contributed by atoms with Crippen molar-refractivity contribution in [2.45, 2.75) is 19.8 Å². The van der Waals surface area contributed by atoms with E-state index >= 15 is 0 Å². The van der Waals surface area contributed by atoms with Gasteiger partial charge < -0.3 is 29.9 Å². The van der Waals surface area contributed by atoms with Crippen LogP contribution in [0.15, 0.2) is 39.5 Å². The number of aliphatic hydroxyl groups is 3. The fourth-order valence-corrected chi connectivity index (χ4v) is 2.76. The number of hydrogen-bond donors (Lipinski definition) is 5. The number of benzene rings is 2. The van der Waals surface area contributed by atoms with Gasteiger partial charge in [0, 0.05) is 5.56 Å². The molecule has 3 aromatic rings. The van der Waals surface area contributed by atoms with E-state index in [0.29, 0.717) is 11.1 Å². The fourth-order valence-electron chi connectivity index (χ4n) is 2.76. The summed E-state index contributed by atoms with van der Waals surface area (Å²) in [6.07, 6.45) is 0. The molecule has 0 aliphatic carbocycles. The average molecular weight is 344 g/mol. The van der Waals surface area contributed by atoms with Gasteiger partial charge >= 0.3 is 0 Å².